The second-order valence-electron chi connectivity index (χ2n) is 9.14. The van der Waals surface area contributed by atoms with Gasteiger partial charge in [-0.1, -0.05) is 89.0 Å². The summed E-state index contributed by atoms with van der Waals surface area (Å²) in [5.74, 6) is -0.784. The lowest BCUT2D eigenvalue weighted by Gasteiger charge is -2.44. The zero-order chi connectivity index (χ0) is 27.1. The molecule has 0 saturated carbocycles. The van der Waals surface area contributed by atoms with Crippen molar-refractivity contribution >= 4 is 97.7 Å². The van der Waals surface area contributed by atoms with Gasteiger partial charge < -0.3 is 15.0 Å². The lowest BCUT2D eigenvalue weighted by atomic mass is 9.95. The van der Waals surface area contributed by atoms with Gasteiger partial charge in [0.15, 0.2) is 4.34 Å². The minimum atomic E-state index is -1.78. The van der Waals surface area contributed by atoms with E-state index < -0.39 is 38.6 Å². The van der Waals surface area contributed by atoms with E-state index in [1.54, 1.807) is 11.3 Å². The van der Waals surface area contributed by atoms with Gasteiger partial charge in [-0.15, -0.1) is 23.1 Å². The van der Waals surface area contributed by atoms with Crippen molar-refractivity contribution < 1.29 is 19.1 Å². The Balaban J connectivity index is 1.33. The molecule has 4 unspecified atom stereocenters. The maximum absolute atomic E-state index is 13.3. The Kier molecular flexibility index (Phi) is 8.11. The maximum atomic E-state index is 13.3. The molecular formula is C25H22Cl3N3O4S3. The third-order valence-electron chi connectivity index (χ3n) is 6.21. The number of aromatic nitrogens is 1. The first kappa shape index (κ1) is 27.9. The van der Waals surface area contributed by atoms with E-state index in [9.17, 15) is 14.4 Å². The molecule has 2 saturated heterocycles. The normalized spacial score (nSPS) is 24.7. The van der Waals surface area contributed by atoms with E-state index in [0.29, 0.717) is 5.75 Å². The number of nitrogens with zero attached hydrogens (tertiary/aromatic N) is 2. The van der Waals surface area contributed by atoms with Crippen molar-refractivity contribution in [1.82, 2.24) is 15.2 Å². The Bertz CT molecular complexity index is 1340. The van der Waals surface area contributed by atoms with Crippen molar-refractivity contribution in [2.75, 3.05) is 12.4 Å². The van der Waals surface area contributed by atoms with Gasteiger partial charge >= 0.3 is 5.97 Å². The highest BCUT2D eigenvalue weighted by Gasteiger charge is 2.66. The number of β-lactam (4-membered cyclic amide) rings is 1. The van der Waals surface area contributed by atoms with E-state index in [2.05, 4.69) is 10.3 Å². The summed E-state index contributed by atoms with van der Waals surface area (Å²) >= 11 is 21.9. The summed E-state index contributed by atoms with van der Waals surface area (Å²) in [5.41, 5.74) is 1.75. The largest absolute Gasteiger partial charge is 0.460 e. The number of alkyl halides is 3. The van der Waals surface area contributed by atoms with Crippen LogP contribution in [0.25, 0.3) is 10.2 Å². The van der Waals surface area contributed by atoms with Gasteiger partial charge in [-0.05, 0) is 24.6 Å². The van der Waals surface area contributed by atoms with Crippen molar-refractivity contribution in [3.63, 3.8) is 0 Å². The van der Waals surface area contributed by atoms with Crippen LogP contribution in [-0.4, -0.2) is 66.0 Å². The number of hydrogen-bond donors (Lipinski definition) is 1. The average molecular weight is 631 g/mol. The monoisotopic (exact) mass is 629 g/mol. The van der Waals surface area contributed by atoms with E-state index in [-0.39, 0.29) is 18.2 Å². The molecule has 200 valence electrons. The maximum Gasteiger partial charge on any atom is 0.330 e. The van der Waals surface area contributed by atoms with Crippen molar-refractivity contribution in [3.05, 3.63) is 60.2 Å². The zero-order valence-corrected chi connectivity index (χ0v) is 24.7. The molecule has 13 heteroatoms. The molecule has 5 rings (SSSR count). The number of benzene rings is 2. The van der Waals surface area contributed by atoms with Gasteiger partial charge in [0.1, 0.15) is 24.1 Å². The number of nitrogens with one attached hydrogen (secondary N) is 1. The summed E-state index contributed by atoms with van der Waals surface area (Å²) in [5, 5.41) is 2.42. The Labute approximate surface area is 246 Å². The second-order valence-corrected chi connectivity index (χ2v) is 15.6. The molecular weight excluding hydrogens is 609 g/mol. The van der Waals surface area contributed by atoms with Crippen molar-refractivity contribution in [3.8, 4) is 0 Å². The second kappa shape index (κ2) is 11.1. The van der Waals surface area contributed by atoms with E-state index in [1.807, 2.05) is 61.5 Å². The summed E-state index contributed by atoms with van der Waals surface area (Å²) < 4.78 is 4.73. The number of esters is 1. The quantitative estimate of drug-likeness (QED) is 0.161. The SMILES string of the molecule is CC1(CSc2nc3ccccc3s2)SC2C(NC(=O)Cc3ccccc3)C(=O)N2C1C(=O)OCC(Cl)(Cl)Cl. The van der Waals surface area contributed by atoms with E-state index in [0.717, 1.165) is 20.1 Å². The molecule has 2 fully saturated rings. The molecule has 2 aromatic carbocycles. The summed E-state index contributed by atoms with van der Waals surface area (Å²) in [6.45, 7) is 1.47. The standard InChI is InChI=1S/C25H22Cl3N3O4S3/c1-24(13-36-23-29-15-9-5-6-10-16(15)37-23)19(22(34)35-12-25(26,27)28)31-20(33)18(21(31)38-24)30-17(32)11-14-7-3-2-4-8-14/h2-10,18-19,21H,11-13H2,1H3,(H,30,32). The van der Waals surface area contributed by atoms with Crippen LogP contribution in [0.4, 0.5) is 0 Å². The predicted molar refractivity (Wildman–Crippen MR) is 154 cm³/mol. The van der Waals surface area contributed by atoms with Crippen LogP contribution < -0.4 is 5.32 Å². The lowest BCUT2D eigenvalue weighted by Crippen LogP contribution is -2.71. The fraction of sp³-hybridized carbons (Fsp3) is 0.360. The number of para-hydroxylation sites is 1. The molecule has 0 bridgehead atoms. The number of fused-ring (bicyclic) bond motifs is 2. The number of thioether (sulfide) groups is 2. The van der Waals surface area contributed by atoms with Crippen molar-refractivity contribution in [2.24, 2.45) is 0 Å². The van der Waals surface area contributed by atoms with E-state index >= 15 is 0 Å². The third kappa shape index (κ3) is 5.90. The average Bonchev–Trinajstić information content (AvgIpc) is 3.42. The fourth-order valence-electron chi connectivity index (χ4n) is 4.48. The number of halogens is 3. The van der Waals surface area contributed by atoms with Crippen molar-refractivity contribution in [2.45, 2.75) is 43.7 Å². The van der Waals surface area contributed by atoms with Gasteiger partial charge in [-0.25, -0.2) is 9.78 Å². The molecule has 2 aliphatic rings. The molecule has 7 nitrogen and oxygen atoms in total. The van der Waals surface area contributed by atoms with Crippen LogP contribution in [0.15, 0.2) is 58.9 Å². The highest BCUT2D eigenvalue weighted by Crippen LogP contribution is 2.53. The molecule has 0 aliphatic carbocycles. The molecule has 38 heavy (non-hydrogen) atoms. The van der Waals surface area contributed by atoms with Crippen LogP contribution in [0.2, 0.25) is 0 Å². The number of rotatable bonds is 8. The van der Waals surface area contributed by atoms with Gasteiger partial charge in [0.2, 0.25) is 15.6 Å². The molecule has 3 aromatic rings. The Morgan fingerprint density at radius 2 is 1.87 bits per heavy atom. The number of carbonyl (C=O) groups is 3. The smallest absolute Gasteiger partial charge is 0.330 e. The predicted octanol–water partition coefficient (Wildman–Crippen LogP) is 5.07. The third-order valence-corrected chi connectivity index (χ3v) is 10.9. The van der Waals surface area contributed by atoms with Crippen LogP contribution in [0.1, 0.15) is 12.5 Å². The van der Waals surface area contributed by atoms with Gasteiger partial charge in [0.05, 0.1) is 21.4 Å². The van der Waals surface area contributed by atoms with Gasteiger partial charge in [0.25, 0.3) is 0 Å². The summed E-state index contributed by atoms with van der Waals surface area (Å²) in [6.07, 6.45) is 0.154. The molecule has 2 aliphatic heterocycles. The van der Waals surface area contributed by atoms with Crippen LogP contribution >= 0.6 is 69.7 Å². The van der Waals surface area contributed by atoms with Crippen LogP contribution in [0, 0.1) is 0 Å². The Hall–Kier alpha value is -1.69. The molecule has 4 atom stereocenters. The molecule has 3 heterocycles. The fourth-order valence-corrected chi connectivity index (χ4v) is 8.76. The molecule has 1 aromatic heterocycles. The number of carbonyl (C=O) groups excluding carboxylic acids is 3. The first-order valence-corrected chi connectivity index (χ1v) is 15.4. The van der Waals surface area contributed by atoms with E-state index in [4.69, 9.17) is 39.5 Å². The van der Waals surface area contributed by atoms with Gasteiger partial charge in [-0.3, -0.25) is 9.59 Å². The number of ether oxygens (including phenoxy) is 1. The first-order chi connectivity index (χ1) is 18.0. The summed E-state index contributed by atoms with van der Waals surface area (Å²) in [7, 11) is 0. The summed E-state index contributed by atoms with van der Waals surface area (Å²) in [4.78, 5) is 45.3. The van der Waals surface area contributed by atoms with Crippen molar-refractivity contribution in [1.29, 1.82) is 0 Å². The highest BCUT2D eigenvalue weighted by molar-refractivity contribution is 8.05. The Morgan fingerprint density at radius 3 is 2.58 bits per heavy atom. The lowest BCUT2D eigenvalue weighted by molar-refractivity contribution is -0.164. The van der Waals surface area contributed by atoms with Gasteiger partial charge in [-0.2, -0.15) is 0 Å². The molecule has 0 spiro atoms. The minimum absolute atomic E-state index is 0.154. The molecule has 2 amide bonds. The number of amides is 2. The van der Waals surface area contributed by atoms with E-state index in [1.165, 1.54) is 28.4 Å². The van der Waals surface area contributed by atoms with Crippen LogP contribution in [-0.2, 0) is 25.5 Å². The Morgan fingerprint density at radius 1 is 1.16 bits per heavy atom. The zero-order valence-electron chi connectivity index (χ0n) is 19.9. The summed E-state index contributed by atoms with van der Waals surface area (Å²) in [6, 6.07) is 15.5. The topological polar surface area (TPSA) is 88.6 Å². The number of hydrogen-bond acceptors (Lipinski definition) is 8. The molecule has 1 N–H and O–H groups in total. The minimum Gasteiger partial charge on any atom is -0.460 e. The first-order valence-electron chi connectivity index (χ1n) is 11.6. The highest BCUT2D eigenvalue weighted by atomic mass is 35.6. The molecule has 0 radical (unpaired) electrons. The van der Waals surface area contributed by atoms with Gasteiger partial charge in [0, 0.05) is 5.75 Å². The van der Waals surface area contributed by atoms with Crippen LogP contribution in [0.5, 0.6) is 0 Å². The number of thiazole rings is 1. The van der Waals surface area contributed by atoms with Crippen LogP contribution in [0.3, 0.4) is 0 Å².